The molecule has 1 atom stereocenters. The Morgan fingerprint density at radius 3 is 1.74 bits per heavy atom. The van der Waals surface area contributed by atoms with Crippen LogP contribution in [0.15, 0.2) is 65.7 Å². The number of hydrogen-bond donors (Lipinski definition) is 0. The summed E-state index contributed by atoms with van der Waals surface area (Å²) in [7, 11) is 1.19. The van der Waals surface area contributed by atoms with Crippen LogP contribution in [0.3, 0.4) is 0 Å². The van der Waals surface area contributed by atoms with Crippen LogP contribution in [0.1, 0.15) is 52.7 Å². The first-order chi connectivity index (χ1) is 16.3. The van der Waals surface area contributed by atoms with Gasteiger partial charge in [0.1, 0.15) is 11.2 Å². The largest absolute Gasteiger partial charge is 0.465 e. The summed E-state index contributed by atoms with van der Waals surface area (Å²) >= 11 is 0. The number of hydrogen-bond acceptors (Lipinski definition) is 7. The van der Waals surface area contributed by atoms with E-state index in [0.717, 1.165) is 10.0 Å². The van der Waals surface area contributed by atoms with E-state index in [2.05, 4.69) is 4.99 Å². The molecule has 0 aromatic heterocycles. The fourth-order valence-electron chi connectivity index (χ4n) is 3.50. The highest BCUT2D eigenvalue weighted by molar-refractivity contribution is 6.11. The minimum Gasteiger partial charge on any atom is -0.465 e. The highest BCUT2D eigenvalue weighted by atomic mass is 16.6. The van der Waals surface area contributed by atoms with Crippen molar-refractivity contribution in [3.8, 4) is 0 Å². The van der Waals surface area contributed by atoms with Crippen molar-refractivity contribution in [2.24, 2.45) is 4.99 Å². The fourth-order valence-corrected chi connectivity index (χ4v) is 3.50. The van der Waals surface area contributed by atoms with Gasteiger partial charge in [-0.05, 0) is 41.5 Å². The number of esters is 1. The van der Waals surface area contributed by atoms with E-state index in [1.54, 1.807) is 102 Å². The number of amides is 2. The monoisotopic (exact) mass is 481 g/mol. The maximum atomic E-state index is 13.7. The van der Waals surface area contributed by atoms with Crippen LogP contribution in [0.25, 0.3) is 0 Å². The van der Waals surface area contributed by atoms with Crippen LogP contribution in [0.2, 0.25) is 0 Å². The minimum absolute atomic E-state index is 0.0277. The van der Waals surface area contributed by atoms with Gasteiger partial charge in [0.05, 0.1) is 7.11 Å². The van der Waals surface area contributed by atoms with Crippen LogP contribution in [0.4, 0.5) is 9.59 Å². The minimum atomic E-state index is -2.08. The maximum Gasteiger partial charge on any atom is 0.435 e. The number of hydrazine groups is 1. The molecule has 0 spiro atoms. The first-order valence-electron chi connectivity index (χ1n) is 11.2. The number of benzene rings is 2. The van der Waals surface area contributed by atoms with Crippen LogP contribution >= 0.6 is 0 Å². The second-order valence-electron chi connectivity index (χ2n) is 9.92. The highest BCUT2D eigenvalue weighted by Crippen LogP contribution is 2.41. The maximum absolute atomic E-state index is 13.7. The van der Waals surface area contributed by atoms with Gasteiger partial charge in [0.2, 0.25) is 0 Å². The average Bonchev–Trinajstić information content (AvgIpc) is 3.15. The summed E-state index contributed by atoms with van der Waals surface area (Å²) in [5.74, 6) is -0.853. The molecule has 0 fully saturated rings. The van der Waals surface area contributed by atoms with Gasteiger partial charge in [-0.2, -0.15) is 10.0 Å². The Kier molecular flexibility index (Phi) is 6.91. The molecule has 1 aliphatic rings. The number of aliphatic imine (C=N–C) groups is 1. The summed E-state index contributed by atoms with van der Waals surface area (Å²) in [6.45, 7) is 10.1. The Bertz CT molecular complexity index is 1120. The lowest BCUT2D eigenvalue weighted by atomic mass is 9.99. The van der Waals surface area contributed by atoms with Crippen molar-refractivity contribution in [1.29, 1.82) is 0 Å². The molecule has 9 heteroatoms. The van der Waals surface area contributed by atoms with Gasteiger partial charge in [-0.15, -0.1) is 0 Å². The van der Waals surface area contributed by atoms with Gasteiger partial charge in [-0.1, -0.05) is 60.7 Å². The molecule has 1 aliphatic heterocycles. The Balaban J connectivity index is 2.36. The summed E-state index contributed by atoms with van der Waals surface area (Å²) in [6, 6.07) is 17.1. The lowest BCUT2D eigenvalue weighted by Crippen LogP contribution is -2.60. The van der Waals surface area contributed by atoms with Gasteiger partial charge in [0.25, 0.3) is 5.66 Å². The smallest absolute Gasteiger partial charge is 0.435 e. The Hall–Kier alpha value is -3.88. The molecule has 2 aromatic rings. The first-order valence-corrected chi connectivity index (χ1v) is 11.2. The summed E-state index contributed by atoms with van der Waals surface area (Å²) in [5.41, 5.74) is -3.14. The molecule has 2 amide bonds. The number of rotatable bonds is 3. The summed E-state index contributed by atoms with van der Waals surface area (Å²) < 4.78 is 16.4. The molecule has 0 saturated heterocycles. The van der Waals surface area contributed by atoms with Crippen molar-refractivity contribution in [3.05, 3.63) is 71.8 Å². The standard InChI is InChI=1S/C26H31N3O6/c1-24(2,3)34-22(31)28-20(18-14-10-8-11-15-18)27-26(21(30)33-7,19-16-12-9-13-17-19)29(28)23(32)35-25(4,5)6/h8-17H,1-7H3/t26-/m1/s1. The van der Waals surface area contributed by atoms with E-state index in [9.17, 15) is 14.4 Å². The predicted molar refractivity (Wildman–Crippen MR) is 129 cm³/mol. The Morgan fingerprint density at radius 1 is 0.771 bits per heavy atom. The zero-order valence-corrected chi connectivity index (χ0v) is 21.1. The second kappa shape index (κ2) is 9.40. The number of methoxy groups -OCH3 is 1. The van der Waals surface area contributed by atoms with Crippen molar-refractivity contribution in [2.75, 3.05) is 7.11 Å². The van der Waals surface area contributed by atoms with E-state index in [1.165, 1.54) is 7.11 Å². The molecule has 0 bridgehead atoms. The molecule has 0 saturated carbocycles. The van der Waals surface area contributed by atoms with Crippen LogP contribution in [0, 0.1) is 0 Å². The molecule has 0 unspecified atom stereocenters. The van der Waals surface area contributed by atoms with E-state index in [4.69, 9.17) is 14.2 Å². The molecular weight excluding hydrogens is 450 g/mol. The third kappa shape index (κ3) is 5.29. The zero-order valence-electron chi connectivity index (χ0n) is 21.1. The molecule has 0 N–H and O–H groups in total. The predicted octanol–water partition coefficient (Wildman–Crippen LogP) is 4.86. The van der Waals surface area contributed by atoms with Crippen LogP contribution in [0.5, 0.6) is 0 Å². The van der Waals surface area contributed by atoms with E-state index < -0.39 is 35.0 Å². The third-order valence-electron chi connectivity index (χ3n) is 4.79. The van der Waals surface area contributed by atoms with Crippen molar-refractivity contribution >= 4 is 24.0 Å². The second-order valence-corrected chi connectivity index (χ2v) is 9.92. The highest BCUT2D eigenvalue weighted by Gasteiger charge is 2.61. The summed E-state index contributed by atoms with van der Waals surface area (Å²) in [4.78, 5) is 45.5. The first kappa shape index (κ1) is 25.7. The van der Waals surface area contributed by atoms with Crippen LogP contribution in [-0.4, -0.2) is 52.3 Å². The zero-order chi connectivity index (χ0) is 26.0. The van der Waals surface area contributed by atoms with E-state index >= 15 is 0 Å². The SMILES string of the molecule is COC(=O)[C@]1(c2ccccc2)N=C(c2ccccc2)N(C(=O)OC(C)(C)C)N1C(=O)OC(C)(C)C. The lowest BCUT2D eigenvalue weighted by Gasteiger charge is -2.38. The van der Waals surface area contributed by atoms with Gasteiger partial charge in [0.15, 0.2) is 5.84 Å². The average molecular weight is 482 g/mol. The number of carbonyl (C=O) groups excluding carboxylic acids is 3. The van der Waals surface area contributed by atoms with Gasteiger partial charge >= 0.3 is 18.2 Å². The molecule has 0 radical (unpaired) electrons. The molecule has 1 heterocycles. The van der Waals surface area contributed by atoms with Gasteiger partial charge in [-0.25, -0.2) is 19.4 Å². The molecule has 35 heavy (non-hydrogen) atoms. The van der Waals surface area contributed by atoms with Gasteiger partial charge < -0.3 is 14.2 Å². The quantitative estimate of drug-likeness (QED) is 0.459. The Morgan fingerprint density at radius 2 is 1.26 bits per heavy atom. The van der Waals surface area contributed by atoms with E-state index in [0.29, 0.717) is 11.1 Å². The van der Waals surface area contributed by atoms with E-state index in [1.807, 2.05) is 0 Å². The summed E-state index contributed by atoms with van der Waals surface area (Å²) in [6.07, 6.45) is -1.89. The molecular formula is C26H31N3O6. The molecule has 0 aliphatic carbocycles. The molecule has 186 valence electrons. The van der Waals surface area contributed by atoms with Crippen LogP contribution < -0.4 is 0 Å². The van der Waals surface area contributed by atoms with Crippen molar-refractivity contribution < 1.29 is 28.6 Å². The van der Waals surface area contributed by atoms with Gasteiger partial charge in [-0.3, -0.25) is 0 Å². The normalized spacial score (nSPS) is 18.1. The third-order valence-corrected chi connectivity index (χ3v) is 4.79. The fraction of sp³-hybridized carbons (Fsp3) is 0.385. The van der Waals surface area contributed by atoms with Crippen molar-refractivity contribution in [1.82, 2.24) is 10.0 Å². The molecule has 9 nitrogen and oxygen atoms in total. The summed E-state index contributed by atoms with van der Waals surface area (Å²) in [5, 5.41) is 1.81. The topological polar surface area (TPSA) is 97.7 Å². The van der Waals surface area contributed by atoms with Crippen LogP contribution in [-0.2, 0) is 24.7 Å². The molecule has 2 aromatic carbocycles. The molecule has 3 rings (SSSR count). The number of carbonyl (C=O) groups is 3. The van der Waals surface area contributed by atoms with Crippen molar-refractivity contribution in [2.45, 2.75) is 58.4 Å². The van der Waals surface area contributed by atoms with Crippen molar-refractivity contribution in [3.63, 3.8) is 0 Å². The van der Waals surface area contributed by atoms with Gasteiger partial charge in [0, 0.05) is 11.1 Å². The number of ether oxygens (including phenoxy) is 3. The lowest BCUT2D eigenvalue weighted by molar-refractivity contribution is -0.161. The number of nitrogens with zero attached hydrogens (tertiary/aromatic N) is 3. The Labute approximate surface area is 205 Å². The number of amidine groups is 1. The van der Waals surface area contributed by atoms with E-state index in [-0.39, 0.29) is 5.84 Å².